The first-order valence-corrected chi connectivity index (χ1v) is 7.51. The molecule has 0 unspecified atom stereocenters. The van der Waals surface area contributed by atoms with Crippen LogP contribution in [-0.2, 0) is 4.74 Å². The molecule has 2 rings (SSSR count). The summed E-state index contributed by atoms with van der Waals surface area (Å²) in [6.45, 7) is 9.50. The molecular weight excluding hydrogens is 268 g/mol. The molecule has 0 aromatic carbocycles. The van der Waals surface area contributed by atoms with Crippen molar-refractivity contribution < 1.29 is 14.3 Å². The Balaban J connectivity index is 2.14. The minimum absolute atomic E-state index is 0.0684. The molecule has 21 heavy (non-hydrogen) atoms. The number of ketones is 1. The Labute approximate surface area is 126 Å². The second-order valence-electron chi connectivity index (χ2n) is 5.75. The lowest BCUT2D eigenvalue weighted by Gasteiger charge is -2.39. The molecule has 1 fully saturated rings. The number of aromatic nitrogens is 1. The fraction of sp³-hybridized carbons (Fsp3) is 0.625. The first kappa shape index (κ1) is 15.9. The van der Waals surface area contributed by atoms with Crippen molar-refractivity contribution in [3.63, 3.8) is 0 Å². The average Bonchev–Trinajstić information content (AvgIpc) is 2.53. The molecule has 1 saturated heterocycles. The molecule has 5 nitrogen and oxygen atoms in total. The number of hydrogen-bond donors (Lipinski definition) is 0. The van der Waals surface area contributed by atoms with Gasteiger partial charge in [0.25, 0.3) is 0 Å². The van der Waals surface area contributed by atoms with Crippen LogP contribution >= 0.6 is 0 Å². The summed E-state index contributed by atoms with van der Waals surface area (Å²) in [7, 11) is 0. The monoisotopic (exact) mass is 292 g/mol. The van der Waals surface area contributed by atoms with E-state index in [1.807, 2.05) is 20.8 Å². The van der Waals surface area contributed by atoms with Crippen LogP contribution in [0.3, 0.4) is 0 Å². The molecule has 1 aromatic heterocycles. The van der Waals surface area contributed by atoms with Crippen LogP contribution in [0, 0.1) is 0 Å². The van der Waals surface area contributed by atoms with Gasteiger partial charge in [0.05, 0.1) is 31.6 Å². The summed E-state index contributed by atoms with van der Waals surface area (Å²) in [5.74, 6) is 0.722. The second-order valence-corrected chi connectivity index (χ2v) is 5.75. The molecule has 1 aromatic rings. The van der Waals surface area contributed by atoms with E-state index in [-0.39, 0.29) is 5.78 Å². The fourth-order valence-electron chi connectivity index (χ4n) is 2.46. The lowest BCUT2D eigenvalue weighted by Crippen LogP contribution is -2.54. The van der Waals surface area contributed by atoms with Gasteiger partial charge in [-0.05, 0) is 26.3 Å². The Morgan fingerprint density at radius 2 is 2.10 bits per heavy atom. The number of ether oxygens (including phenoxy) is 2. The summed E-state index contributed by atoms with van der Waals surface area (Å²) in [4.78, 5) is 19.1. The molecule has 1 aliphatic heterocycles. The summed E-state index contributed by atoms with van der Waals surface area (Å²) < 4.78 is 10.9. The highest BCUT2D eigenvalue weighted by Crippen LogP contribution is 2.23. The number of Topliss-reactive ketones (excluding diaryl/α,β-unsaturated/α-hetero) is 1. The first-order chi connectivity index (χ1) is 10.1. The molecule has 0 atom stereocenters. The van der Waals surface area contributed by atoms with Crippen LogP contribution in [0.15, 0.2) is 18.5 Å². The van der Waals surface area contributed by atoms with Crippen LogP contribution in [0.25, 0.3) is 0 Å². The van der Waals surface area contributed by atoms with Gasteiger partial charge in [-0.25, -0.2) is 0 Å². The van der Waals surface area contributed by atoms with Gasteiger partial charge in [0.1, 0.15) is 5.75 Å². The molecule has 0 N–H and O–H groups in total. The van der Waals surface area contributed by atoms with Gasteiger partial charge in [-0.15, -0.1) is 0 Å². The van der Waals surface area contributed by atoms with Crippen molar-refractivity contribution in [2.45, 2.75) is 32.7 Å². The zero-order valence-corrected chi connectivity index (χ0v) is 13.1. The Morgan fingerprint density at radius 1 is 1.38 bits per heavy atom. The van der Waals surface area contributed by atoms with E-state index >= 15 is 0 Å². The summed E-state index contributed by atoms with van der Waals surface area (Å²) in [5.41, 5.74) is 0.0366. The summed E-state index contributed by atoms with van der Waals surface area (Å²) in [5, 5.41) is 0. The van der Waals surface area contributed by atoms with Crippen LogP contribution in [0.1, 0.15) is 37.6 Å². The number of carbonyl (C=O) groups excluding carboxylic acids is 1. The molecule has 5 heteroatoms. The van der Waals surface area contributed by atoms with Crippen molar-refractivity contribution in [3.8, 4) is 5.75 Å². The van der Waals surface area contributed by atoms with Crippen molar-refractivity contribution in [2.75, 3.05) is 32.9 Å². The molecule has 116 valence electrons. The minimum Gasteiger partial charge on any atom is -0.492 e. The fourth-order valence-corrected chi connectivity index (χ4v) is 2.46. The topological polar surface area (TPSA) is 51.7 Å². The zero-order chi connectivity index (χ0) is 15.3. The van der Waals surface area contributed by atoms with Gasteiger partial charge in [0.15, 0.2) is 5.78 Å². The van der Waals surface area contributed by atoms with Gasteiger partial charge >= 0.3 is 0 Å². The predicted molar refractivity (Wildman–Crippen MR) is 80.8 cm³/mol. The van der Waals surface area contributed by atoms with Gasteiger partial charge in [0, 0.05) is 24.8 Å². The van der Waals surface area contributed by atoms with E-state index in [1.165, 1.54) is 0 Å². The van der Waals surface area contributed by atoms with Crippen LogP contribution in [0.4, 0.5) is 0 Å². The molecule has 0 amide bonds. The molecular formula is C16H24N2O3. The number of carbonyl (C=O) groups is 1. The van der Waals surface area contributed by atoms with Gasteiger partial charge in [-0.1, -0.05) is 6.92 Å². The largest absolute Gasteiger partial charge is 0.492 e. The quantitative estimate of drug-likeness (QED) is 0.752. The van der Waals surface area contributed by atoms with Crippen molar-refractivity contribution in [2.24, 2.45) is 0 Å². The summed E-state index contributed by atoms with van der Waals surface area (Å²) in [6.07, 6.45) is 4.19. The molecule has 2 heterocycles. The maximum atomic E-state index is 12.8. The third-order valence-electron chi connectivity index (χ3n) is 3.81. The van der Waals surface area contributed by atoms with Crippen LogP contribution < -0.4 is 4.74 Å². The van der Waals surface area contributed by atoms with Gasteiger partial charge in [-0.3, -0.25) is 14.7 Å². The highest BCUT2D eigenvalue weighted by molar-refractivity contribution is 6.02. The Bertz CT molecular complexity index is 482. The van der Waals surface area contributed by atoms with Crippen molar-refractivity contribution in [1.29, 1.82) is 0 Å². The van der Waals surface area contributed by atoms with Crippen molar-refractivity contribution in [3.05, 3.63) is 24.0 Å². The van der Waals surface area contributed by atoms with E-state index in [2.05, 4.69) is 9.88 Å². The van der Waals surface area contributed by atoms with Gasteiger partial charge in [0.2, 0.25) is 0 Å². The smallest absolute Gasteiger partial charge is 0.184 e. The zero-order valence-electron chi connectivity index (χ0n) is 13.1. The summed E-state index contributed by atoms with van der Waals surface area (Å²) >= 11 is 0. The Morgan fingerprint density at radius 3 is 2.76 bits per heavy atom. The number of hydrogen-bond acceptors (Lipinski definition) is 5. The molecule has 0 radical (unpaired) electrons. The highest BCUT2D eigenvalue weighted by Gasteiger charge is 2.36. The Hall–Kier alpha value is -1.46. The molecule has 0 spiro atoms. The van der Waals surface area contributed by atoms with Gasteiger partial charge < -0.3 is 9.47 Å². The van der Waals surface area contributed by atoms with Crippen molar-refractivity contribution >= 4 is 5.78 Å². The third-order valence-corrected chi connectivity index (χ3v) is 3.81. The van der Waals surface area contributed by atoms with Gasteiger partial charge in [-0.2, -0.15) is 0 Å². The third kappa shape index (κ3) is 3.80. The SMILES string of the molecule is CCCOc1cncc(C(=O)C(C)(C)N2CCOCC2)c1. The van der Waals surface area contributed by atoms with Crippen molar-refractivity contribution in [1.82, 2.24) is 9.88 Å². The number of pyridine rings is 1. The van der Waals surface area contributed by atoms with E-state index in [1.54, 1.807) is 18.5 Å². The maximum Gasteiger partial charge on any atom is 0.184 e. The molecule has 0 saturated carbocycles. The molecule has 1 aliphatic rings. The van der Waals surface area contributed by atoms with E-state index < -0.39 is 5.54 Å². The van der Waals surface area contributed by atoms with E-state index in [0.29, 0.717) is 31.1 Å². The van der Waals surface area contributed by atoms with Crippen LogP contribution in [0.2, 0.25) is 0 Å². The normalized spacial score (nSPS) is 16.7. The first-order valence-electron chi connectivity index (χ1n) is 7.51. The average molecular weight is 292 g/mol. The lowest BCUT2D eigenvalue weighted by atomic mass is 9.91. The van der Waals surface area contributed by atoms with E-state index in [9.17, 15) is 4.79 Å². The van der Waals surface area contributed by atoms with E-state index in [4.69, 9.17) is 9.47 Å². The predicted octanol–water partition coefficient (Wildman–Crippen LogP) is 2.16. The second kappa shape index (κ2) is 7.00. The minimum atomic E-state index is -0.561. The summed E-state index contributed by atoms with van der Waals surface area (Å²) in [6, 6.07) is 1.78. The Kier molecular flexibility index (Phi) is 5.31. The van der Waals surface area contributed by atoms with Crippen LogP contribution in [0.5, 0.6) is 5.75 Å². The number of nitrogens with zero attached hydrogens (tertiary/aromatic N) is 2. The molecule has 0 aliphatic carbocycles. The maximum absolute atomic E-state index is 12.8. The van der Waals surface area contributed by atoms with E-state index in [0.717, 1.165) is 19.5 Å². The number of rotatable bonds is 6. The van der Waals surface area contributed by atoms with Crippen LogP contribution in [-0.4, -0.2) is 54.1 Å². The molecule has 0 bridgehead atoms. The standard InChI is InChI=1S/C16H24N2O3/c1-4-7-21-14-10-13(11-17-12-14)15(19)16(2,3)18-5-8-20-9-6-18/h10-12H,4-9H2,1-3H3. The highest BCUT2D eigenvalue weighted by atomic mass is 16.5. The number of morpholine rings is 1. The lowest BCUT2D eigenvalue weighted by molar-refractivity contribution is -0.00432.